The summed E-state index contributed by atoms with van der Waals surface area (Å²) in [5, 5.41) is 0. The van der Waals surface area contributed by atoms with Crippen molar-refractivity contribution in [2.45, 2.75) is 19.5 Å². The maximum atomic E-state index is 5.62. The van der Waals surface area contributed by atoms with Crippen LogP contribution in [0.1, 0.15) is 13.3 Å². The number of halogens is 1. The molecule has 0 aromatic rings. The maximum absolute atomic E-state index is 5.62. The molecule has 0 bridgehead atoms. The van der Waals surface area contributed by atoms with E-state index in [2.05, 4.69) is 9.98 Å². The molecule has 1 aliphatic heterocycles. The molecule has 1 heterocycles. The van der Waals surface area contributed by atoms with E-state index in [4.69, 9.17) is 17.3 Å². The van der Waals surface area contributed by atoms with Crippen LogP contribution in [0.2, 0.25) is 0 Å². The van der Waals surface area contributed by atoms with Gasteiger partial charge in [-0.15, -0.1) is 0 Å². The van der Waals surface area contributed by atoms with Crippen molar-refractivity contribution in [3.8, 4) is 0 Å². The second-order valence-electron chi connectivity index (χ2n) is 2.21. The minimum atomic E-state index is -0.333. The summed E-state index contributed by atoms with van der Waals surface area (Å²) in [5.74, 6) is 0.778. The Kier molecular flexibility index (Phi) is 2.79. The number of amidine groups is 1. The third kappa shape index (κ3) is 1.88. The Hall–Kier alpha value is -0.670. The Morgan fingerprint density at radius 2 is 2.55 bits per heavy atom. The van der Waals surface area contributed by atoms with Crippen LogP contribution in [0.25, 0.3) is 0 Å². The molecule has 0 aromatic heterocycles. The Bertz CT molecular complexity index is 230. The Morgan fingerprint density at radius 3 is 3.00 bits per heavy atom. The van der Waals surface area contributed by atoms with E-state index in [-0.39, 0.29) is 6.17 Å². The Labute approximate surface area is 70.7 Å². The minimum Gasteiger partial charge on any atom is -0.306 e. The van der Waals surface area contributed by atoms with Gasteiger partial charge in [0.1, 0.15) is 12.0 Å². The second-order valence-corrected chi connectivity index (χ2v) is 2.43. The van der Waals surface area contributed by atoms with Crippen molar-refractivity contribution in [2.75, 3.05) is 0 Å². The zero-order chi connectivity index (χ0) is 8.27. The van der Waals surface area contributed by atoms with E-state index in [1.807, 2.05) is 6.92 Å². The summed E-state index contributed by atoms with van der Waals surface area (Å²) in [5.41, 5.74) is 7.78. The van der Waals surface area contributed by atoms with Crippen LogP contribution in [0.5, 0.6) is 0 Å². The molecular weight excluding hydrogens is 162 g/mol. The second kappa shape index (κ2) is 3.64. The molecule has 3 nitrogen and oxygen atoms in total. The monoisotopic (exact) mass is 171 g/mol. The topological polar surface area (TPSA) is 50.7 Å². The third-order valence-electron chi connectivity index (χ3n) is 1.43. The SMILES string of the molecule is CCC1=NC(N)C(=CCl)C=N1. The molecule has 2 N–H and O–H groups in total. The van der Waals surface area contributed by atoms with Gasteiger partial charge in [0.2, 0.25) is 0 Å². The number of nitrogens with two attached hydrogens (primary N) is 1. The predicted octanol–water partition coefficient (Wildman–Crippen LogP) is 1.29. The van der Waals surface area contributed by atoms with Gasteiger partial charge in [-0.3, -0.25) is 0 Å². The summed E-state index contributed by atoms with van der Waals surface area (Å²) in [6.07, 6.45) is 2.13. The van der Waals surface area contributed by atoms with Crippen LogP contribution < -0.4 is 5.73 Å². The number of rotatable bonds is 1. The van der Waals surface area contributed by atoms with Crippen molar-refractivity contribution in [1.29, 1.82) is 0 Å². The standard InChI is InChI=1S/C7H10ClN3/c1-2-6-10-4-5(3-8)7(9)11-6/h3-4,7H,2,9H2,1H3. The fraction of sp³-hybridized carbons (Fsp3) is 0.429. The van der Waals surface area contributed by atoms with Gasteiger partial charge in [-0.25, -0.2) is 9.98 Å². The van der Waals surface area contributed by atoms with Crippen molar-refractivity contribution >= 4 is 23.7 Å². The molecule has 0 amide bonds. The van der Waals surface area contributed by atoms with E-state index in [9.17, 15) is 0 Å². The highest BCUT2D eigenvalue weighted by Crippen LogP contribution is 2.07. The third-order valence-corrected chi connectivity index (χ3v) is 1.69. The van der Waals surface area contributed by atoms with Gasteiger partial charge in [-0.1, -0.05) is 18.5 Å². The van der Waals surface area contributed by atoms with E-state index in [0.717, 1.165) is 17.8 Å². The molecule has 11 heavy (non-hydrogen) atoms. The summed E-state index contributed by atoms with van der Waals surface area (Å²) in [6.45, 7) is 1.98. The van der Waals surface area contributed by atoms with Crippen molar-refractivity contribution in [3.05, 3.63) is 11.1 Å². The molecule has 1 aliphatic rings. The van der Waals surface area contributed by atoms with E-state index in [1.54, 1.807) is 6.21 Å². The Morgan fingerprint density at radius 1 is 1.82 bits per heavy atom. The molecule has 0 radical (unpaired) electrons. The van der Waals surface area contributed by atoms with E-state index in [0.29, 0.717) is 0 Å². The minimum absolute atomic E-state index is 0.333. The van der Waals surface area contributed by atoms with Crippen LogP contribution in [-0.4, -0.2) is 18.2 Å². The fourth-order valence-electron chi connectivity index (χ4n) is 0.769. The van der Waals surface area contributed by atoms with Gasteiger partial charge in [-0.2, -0.15) is 0 Å². The van der Waals surface area contributed by atoms with Gasteiger partial charge in [0.25, 0.3) is 0 Å². The Balaban J connectivity index is 2.79. The lowest BCUT2D eigenvalue weighted by Gasteiger charge is -2.12. The highest BCUT2D eigenvalue weighted by atomic mass is 35.5. The molecule has 0 saturated carbocycles. The van der Waals surface area contributed by atoms with Crippen LogP contribution in [0.3, 0.4) is 0 Å². The van der Waals surface area contributed by atoms with E-state index in [1.165, 1.54) is 5.54 Å². The maximum Gasteiger partial charge on any atom is 0.127 e. The fourth-order valence-corrected chi connectivity index (χ4v) is 0.955. The van der Waals surface area contributed by atoms with Crippen molar-refractivity contribution in [2.24, 2.45) is 15.7 Å². The average Bonchev–Trinajstić information content (AvgIpc) is 2.04. The van der Waals surface area contributed by atoms with Gasteiger partial charge in [-0.05, 0) is 0 Å². The van der Waals surface area contributed by atoms with E-state index >= 15 is 0 Å². The van der Waals surface area contributed by atoms with Crippen molar-refractivity contribution in [3.63, 3.8) is 0 Å². The van der Waals surface area contributed by atoms with Crippen LogP contribution in [-0.2, 0) is 0 Å². The van der Waals surface area contributed by atoms with Gasteiger partial charge in [0.05, 0.1) is 0 Å². The first-order chi connectivity index (χ1) is 5.27. The zero-order valence-electron chi connectivity index (χ0n) is 6.29. The molecule has 0 aromatic carbocycles. The van der Waals surface area contributed by atoms with Gasteiger partial charge in [0, 0.05) is 23.7 Å². The quantitative estimate of drug-likeness (QED) is 0.635. The largest absolute Gasteiger partial charge is 0.306 e. The highest BCUT2D eigenvalue weighted by molar-refractivity contribution is 6.27. The molecule has 60 valence electrons. The first-order valence-electron chi connectivity index (χ1n) is 3.44. The van der Waals surface area contributed by atoms with Crippen LogP contribution in [0.4, 0.5) is 0 Å². The zero-order valence-corrected chi connectivity index (χ0v) is 7.04. The lowest BCUT2D eigenvalue weighted by molar-refractivity contribution is 0.839. The first-order valence-corrected chi connectivity index (χ1v) is 3.88. The predicted molar refractivity (Wildman–Crippen MR) is 48.1 cm³/mol. The summed E-state index contributed by atoms with van der Waals surface area (Å²) < 4.78 is 0. The molecule has 4 heteroatoms. The summed E-state index contributed by atoms with van der Waals surface area (Å²) in [4.78, 5) is 8.14. The normalized spacial score (nSPS) is 27.4. The molecular formula is C7H10ClN3. The molecule has 0 fully saturated rings. The van der Waals surface area contributed by atoms with E-state index < -0.39 is 0 Å². The highest BCUT2D eigenvalue weighted by Gasteiger charge is 2.10. The van der Waals surface area contributed by atoms with Crippen molar-refractivity contribution in [1.82, 2.24) is 0 Å². The molecule has 1 unspecified atom stereocenters. The summed E-state index contributed by atoms with van der Waals surface area (Å²) in [6, 6.07) is 0. The van der Waals surface area contributed by atoms with Gasteiger partial charge in [0.15, 0.2) is 0 Å². The number of hydrogen-bond donors (Lipinski definition) is 1. The van der Waals surface area contributed by atoms with Gasteiger partial charge < -0.3 is 5.73 Å². The summed E-state index contributed by atoms with van der Waals surface area (Å²) in [7, 11) is 0. The average molecular weight is 172 g/mol. The number of hydrogen-bond acceptors (Lipinski definition) is 3. The summed E-state index contributed by atoms with van der Waals surface area (Å²) >= 11 is 5.46. The first kappa shape index (κ1) is 8.43. The molecule has 1 atom stereocenters. The van der Waals surface area contributed by atoms with Crippen molar-refractivity contribution < 1.29 is 0 Å². The van der Waals surface area contributed by atoms with Crippen LogP contribution in [0.15, 0.2) is 21.1 Å². The lowest BCUT2D eigenvalue weighted by atomic mass is 10.2. The lowest BCUT2D eigenvalue weighted by Crippen LogP contribution is -2.25. The number of aliphatic imine (C=N–C) groups is 2. The smallest absolute Gasteiger partial charge is 0.127 e. The van der Waals surface area contributed by atoms with Crippen LogP contribution >= 0.6 is 11.6 Å². The molecule has 0 saturated heterocycles. The molecule has 0 spiro atoms. The molecule has 0 aliphatic carbocycles. The van der Waals surface area contributed by atoms with Crippen LogP contribution in [0, 0.1) is 0 Å². The number of nitrogens with zero attached hydrogens (tertiary/aromatic N) is 2. The molecule has 1 rings (SSSR count). The van der Waals surface area contributed by atoms with Gasteiger partial charge >= 0.3 is 0 Å².